The smallest absolute Gasteiger partial charge is 0.407 e. The molecule has 0 unspecified atom stereocenters. The molecule has 1 aromatic heterocycles. The molecule has 0 radical (unpaired) electrons. The highest BCUT2D eigenvalue weighted by molar-refractivity contribution is 7.90. The van der Waals surface area contributed by atoms with E-state index in [4.69, 9.17) is 5.11 Å². The van der Waals surface area contributed by atoms with Crippen molar-refractivity contribution < 1.29 is 23.1 Å². The third-order valence-electron chi connectivity index (χ3n) is 5.74. The molecule has 1 aromatic carbocycles. The van der Waals surface area contributed by atoms with E-state index in [0.29, 0.717) is 42.9 Å². The number of amides is 2. The summed E-state index contributed by atoms with van der Waals surface area (Å²) in [6.45, 7) is 0.852. The molecule has 164 valence electrons. The molecule has 2 heterocycles. The van der Waals surface area contributed by atoms with E-state index in [1.54, 1.807) is 12.1 Å². The van der Waals surface area contributed by atoms with Crippen LogP contribution in [0.1, 0.15) is 36.0 Å². The number of benzene rings is 1. The number of carbonyl (C=O) groups excluding carboxylic acids is 1. The first-order valence-electron chi connectivity index (χ1n) is 10.2. The summed E-state index contributed by atoms with van der Waals surface area (Å²) < 4.78 is 23.2. The van der Waals surface area contributed by atoms with Gasteiger partial charge in [0.05, 0.1) is 10.5 Å². The van der Waals surface area contributed by atoms with E-state index in [9.17, 15) is 18.0 Å². The summed E-state index contributed by atoms with van der Waals surface area (Å²) in [5, 5.41) is 9.15. The zero-order valence-corrected chi connectivity index (χ0v) is 18.0. The average molecular weight is 445 g/mol. The molecule has 1 aliphatic carbocycles. The molecule has 9 nitrogen and oxygen atoms in total. The van der Waals surface area contributed by atoms with Gasteiger partial charge in [0.2, 0.25) is 0 Å². The lowest BCUT2D eigenvalue weighted by molar-refractivity contribution is 0.0550. The largest absolute Gasteiger partial charge is 0.465 e. The average Bonchev–Trinajstić information content (AvgIpc) is 3.59. The van der Waals surface area contributed by atoms with Crippen LogP contribution in [0, 0.1) is 0 Å². The van der Waals surface area contributed by atoms with Crippen molar-refractivity contribution in [1.82, 2.24) is 19.8 Å². The van der Waals surface area contributed by atoms with Gasteiger partial charge in [-0.25, -0.2) is 23.2 Å². The number of sulfone groups is 1. The molecule has 2 fully saturated rings. The summed E-state index contributed by atoms with van der Waals surface area (Å²) in [5.74, 6) is 0.277. The second kappa shape index (κ2) is 8.26. The second-order valence-electron chi connectivity index (χ2n) is 8.04. The fraction of sp³-hybridized carbons (Fsp3) is 0.429. The van der Waals surface area contributed by atoms with E-state index in [2.05, 4.69) is 9.97 Å². The van der Waals surface area contributed by atoms with Crippen molar-refractivity contribution in [3.63, 3.8) is 0 Å². The minimum atomic E-state index is -3.28. The van der Waals surface area contributed by atoms with Crippen LogP contribution in [0.4, 0.5) is 4.79 Å². The van der Waals surface area contributed by atoms with Gasteiger partial charge in [0.25, 0.3) is 5.91 Å². The molecule has 1 N–H and O–H groups in total. The van der Waals surface area contributed by atoms with E-state index in [0.717, 1.165) is 19.1 Å². The lowest BCUT2D eigenvalue weighted by Gasteiger charge is -2.37. The maximum atomic E-state index is 13.2. The lowest BCUT2D eigenvalue weighted by Crippen LogP contribution is -2.49. The van der Waals surface area contributed by atoms with Gasteiger partial charge >= 0.3 is 6.09 Å². The topological polar surface area (TPSA) is 121 Å². The molecule has 2 aromatic rings. The van der Waals surface area contributed by atoms with Crippen molar-refractivity contribution in [3.8, 4) is 11.4 Å². The summed E-state index contributed by atoms with van der Waals surface area (Å²) in [4.78, 5) is 36.5. The fourth-order valence-corrected chi connectivity index (χ4v) is 4.54. The number of carbonyl (C=O) groups is 2. The van der Waals surface area contributed by atoms with Gasteiger partial charge in [-0.2, -0.15) is 0 Å². The monoisotopic (exact) mass is 444 g/mol. The van der Waals surface area contributed by atoms with Crippen molar-refractivity contribution in [3.05, 3.63) is 42.2 Å². The summed E-state index contributed by atoms with van der Waals surface area (Å²) >= 11 is 0. The minimum absolute atomic E-state index is 0.0128. The Balaban J connectivity index is 1.48. The summed E-state index contributed by atoms with van der Waals surface area (Å²) in [6.07, 6.45) is 6.38. The Morgan fingerprint density at radius 3 is 2.03 bits per heavy atom. The Bertz CT molecular complexity index is 1070. The molecule has 4 rings (SSSR count). The molecular weight excluding hydrogens is 420 g/mol. The van der Waals surface area contributed by atoms with Crippen LogP contribution in [0.25, 0.3) is 11.4 Å². The van der Waals surface area contributed by atoms with E-state index < -0.39 is 15.9 Å². The maximum Gasteiger partial charge on any atom is 0.407 e. The van der Waals surface area contributed by atoms with Crippen LogP contribution in [-0.2, 0) is 9.84 Å². The van der Waals surface area contributed by atoms with Gasteiger partial charge in [0, 0.05) is 49.4 Å². The van der Waals surface area contributed by atoms with Crippen molar-refractivity contribution >= 4 is 21.8 Å². The van der Waals surface area contributed by atoms with E-state index in [1.165, 1.54) is 29.4 Å². The van der Waals surface area contributed by atoms with Gasteiger partial charge in [-0.3, -0.25) is 4.79 Å². The Morgan fingerprint density at radius 1 is 1.00 bits per heavy atom. The third-order valence-corrected chi connectivity index (χ3v) is 6.87. The van der Waals surface area contributed by atoms with Gasteiger partial charge in [0.15, 0.2) is 15.7 Å². The molecule has 10 heteroatoms. The second-order valence-corrected chi connectivity index (χ2v) is 10.1. The first-order valence-corrected chi connectivity index (χ1v) is 12.1. The predicted molar refractivity (Wildman–Crippen MR) is 112 cm³/mol. The Morgan fingerprint density at radius 2 is 1.55 bits per heavy atom. The van der Waals surface area contributed by atoms with Gasteiger partial charge in [-0.05, 0) is 49.9 Å². The molecule has 31 heavy (non-hydrogen) atoms. The molecule has 0 atom stereocenters. The highest BCUT2D eigenvalue weighted by Crippen LogP contribution is 2.33. The summed E-state index contributed by atoms with van der Waals surface area (Å²) in [7, 11) is -3.28. The van der Waals surface area contributed by atoms with Crippen LogP contribution in [-0.4, -0.2) is 76.7 Å². The van der Waals surface area contributed by atoms with Crippen molar-refractivity contribution in [2.45, 2.75) is 42.7 Å². The normalized spacial score (nSPS) is 17.4. The number of hydrogen-bond acceptors (Lipinski definition) is 6. The van der Waals surface area contributed by atoms with Gasteiger partial charge < -0.3 is 14.9 Å². The zero-order valence-electron chi connectivity index (χ0n) is 17.1. The highest BCUT2D eigenvalue weighted by atomic mass is 32.2. The molecule has 1 saturated carbocycles. The van der Waals surface area contributed by atoms with Gasteiger partial charge in [-0.1, -0.05) is 0 Å². The predicted octanol–water partition coefficient (Wildman–Crippen LogP) is 2.29. The van der Waals surface area contributed by atoms with Crippen LogP contribution in [0.5, 0.6) is 0 Å². The van der Waals surface area contributed by atoms with Gasteiger partial charge in [0.1, 0.15) is 0 Å². The SMILES string of the molecule is CS(=O)(=O)c1ccc(-c2ncc(C(=O)N(C3CC3)C3CCN(C(=O)O)CC3)cn2)cc1. The number of carboxylic acid groups (broad SMARTS) is 1. The molecule has 1 aliphatic heterocycles. The van der Waals surface area contributed by atoms with E-state index in [1.807, 2.05) is 4.90 Å². The van der Waals surface area contributed by atoms with Crippen LogP contribution in [0.3, 0.4) is 0 Å². The number of likely N-dealkylation sites (tertiary alicyclic amines) is 1. The molecule has 0 bridgehead atoms. The summed E-state index contributed by atoms with van der Waals surface area (Å²) in [5.41, 5.74) is 1.05. The number of nitrogens with zero attached hydrogens (tertiary/aromatic N) is 4. The van der Waals surface area contributed by atoms with Crippen LogP contribution in [0.15, 0.2) is 41.6 Å². The van der Waals surface area contributed by atoms with Gasteiger partial charge in [-0.15, -0.1) is 0 Å². The molecular formula is C21H24N4O5S. The van der Waals surface area contributed by atoms with E-state index in [-0.39, 0.29) is 22.9 Å². The molecule has 0 spiro atoms. The van der Waals surface area contributed by atoms with Crippen LogP contribution < -0.4 is 0 Å². The molecule has 1 saturated heterocycles. The molecule has 2 amide bonds. The third kappa shape index (κ3) is 4.68. The van der Waals surface area contributed by atoms with Crippen molar-refractivity contribution in [2.75, 3.05) is 19.3 Å². The molecule has 2 aliphatic rings. The minimum Gasteiger partial charge on any atom is -0.465 e. The first kappa shape index (κ1) is 21.2. The Labute approximate surface area is 180 Å². The number of piperidine rings is 1. The Hall–Kier alpha value is -3.01. The Kier molecular flexibility index (Phi) is 5.65. The lowest BCUT2D eigenvalue weighted by atomic mass is 10.0. The quantitative estimate of drug-likeness (QED) is 0.751. The van der Waals surface area contributed by atoms with Crippen LogP contribution >= 0.6 is 0 Å². The van der Waals surface area contributed by atoms with Crippen molar-refractivity contribution in [2.24, 2.45) is 0 Å². The number of rotatable bonds is 5. The van der Waals surface area contributed by atoms with Crippen molar-refractivity contribution in [1.29, 1.82) is 0 Å². The highest BCUT2D eigenvalue weighted by Gasteiger charge is 2.39. The van der Waals surface area contributed by atoms with E-state index >= 15 is 0 Å². The fourth-order valence-electron chi connectivity index (χ4n) is 3.91. The number of hydrogen-bond donors (Lipinski definition) is 1. The first-order chi connectivity index (χ1) is 14.7. The van der Waals surface area contributed by atoms with Crippen LogP contribution in [0.2, 0.25) is 0 Å². The summed E-state index contributed by atoms with van der Waals surface area (Å²) in [6, 6.07) is 6.49. The maximum absolute atomic E-state index is 13.2. The zero-order chi connectivity index (χ0) is 22.2. The number of aromatic nitrogens is 2. The standard InChI is InChI=1S/C21H24N4O5S/c1-31(29,30)18-6-2-14(3-7-18)19-22-12-15(13-23-19)20(26)25(16-4-5-16)17-8-10-24(11-9-17)21(27)28/h2-3,6-7,12-13,16-17H,4-5,8-11H2,1H3,(H,27,28).